The lowest BCUT2D eigenvalue weighted by atomic mass is 9.57. The van der Waals surface area contributed by atoms with Crippen molar-refractivity contribution in [3.63, 3.8) is 0 Å². The number of nitrogens with two attached hydrogens (primary N) is 1. The van der Waals surface area contributed by atoms with Gasteiger partial charge in [0.25, 0.3) is 5.91 Å². The number of oxazole rings is 1. The summed E-state index contributed by atoms with van der Waals surface area (Å²) in [4.78, 5) is 47.6. The molecule has 12 nitrogen and oxygen atoms in total. The molecular weight excluding hydrogens is 544 g/mol. The van der Waals surface area contributed by atoms with Crippen LogP contribution >= 0.6 is 0 Å². The normalized spacial score (nSPS) is 25.8. The van der Waals surface area contributed by atoms with Crippen molar-refractivity contribution in [2.75, 3.05) is 33.1 Å². The van der Waals surface area contributed by atoms with Crippen LogP contribution in [0.25, 0.3) is 29.0 Å². The van der Waals surface area contributed by atoms with E-state index in [-0.39, 0.29) is 35.5 Å². The molecule has 0 bridgehead atoms. The van der Waals surface area contributed by atoms with Gasteiger partial charge in [0, 0.05) is 37.3 Å². The predicted octanol–water partition coefficient (Wildman–Crippen LogP) is 2.23. The molecule has 4 atom stereocenters. The Morgan fingerprint density at radius 3 is 2.55 bits per heavy atom. The van der Waals surface area contributed by atoms with Crippen LogP contribution in [0.2, 0.25) is 0 Å². The summed E-state index contributed by atoms with van der Waals surface area (Å²) >= 11 is 0. The Hall–Kier alpha value is -4.68. The van der Waals surface area contributed by atoms with E-state index in [0.717, 1.165) is 5.69 Å². The largest absolute Gasteiger partial charge is 0.508 e. The Morgan fingerprint density at radius 2 is 1.93 bits per heavy atom. The topological polar surface area (TPSA) is 184 Å². The molecule has 0 spiro atoms. The zero-order valence-corrected chi connectivity index (χ0v) is 23.4. The number of hydrogen-bond donors (Lipinski definition) is 4. The summed E-state index contributed by atoms with van der Waals surface area (Å²) in [6, 6.07) is 4.23. The number of benzene rings is 1. The van der Waals surface area contributed by atoms with E-state index in [0.29, 0.717) is 16.8 Å². The lowest BCUT2D eigenvalue weighted by Gasteiger charge is -2.50. The summed E-state index contributed by atoms with van der Waals surface area (Å²) in [5, 5.41) is 34.7. The number of aliphatic hydroxyl groups is 3. The highest BCUT2D eigenvalue weighted by atomic mass is 16.4. The van der Waals surface area contributed by atoms with Crippen LogP contribution in [0.15, 0.2) is 50.2 Å². The molecule has 6 rings (SSSR count). The fourth-order valence-corrected chi connectivity index (χ4v) is 6.71. The molecule has 3 aliphatic rings. The van der Waals surface area contributed by atoms with Crippen LogP contribution in [-0.4, -0.2) is 82.5 Å². The number of ketones is 2. The summed E-state index contributed by atoms with van der Waals surface area (Å²) in [5.41, 5.74) is 4.18. The van der Waals surface area contributed by atoms with Gasteiger partial charge in [0.2, 0.25) is 11.7 Å². The van der Waals surface area contributed by atoms with Gasteiger partial charge in [-0.15, -0.1) is 0 Å². The second kappa shape index (κ2) is 9.43. The summed E-state index contributed by atoms with van der Waals surface area (Å²) in [5.74, 6) is -5.42. The first-order valence-electron chi connectivity index (χ1n) is 13.4. The molecule has 1 saturated carbocycles. The molecule has 2 unspecified atom stereocenters. The Labute approximate surface area is 240 Å². The second-order valence-corrected chi connectivity index (χ2v) is 11.4. The van der Waals surface area contributed by atoms with Crippen molar-refractivity contribution in [1.29, 1.82) is 0 Å². The molecule has 0 aliphatic heterocycles. The molecule has 42 heavy (non-hydrogen) atoms. The molecule has 5 N–H and O–H groups in total. The molecule has 0 radical (unpaired) electrons. The van der Waals surface area contributed by atoms with Gasteiger partial charge < -0.3 is 34.8 Å². The minimum Gasteiger partial charge on any atom is -0.508 e. The van der Waals surface area contributed by atoms with Crippen molar-refractivity contribution in [2.24, 2.45) is 17.6 Å². The zero-order valence-electron chi connectivity index (χ0n) is 23.4. The third kappa shape index (κ3) is 3.75. The van der Waals surface area contributed by atoms with Crippen molar-refractivity contribution < 1.29 is 38.5 Å². The fourth-order valence-electron chi connectivity index (χ4n) is 6.71. The van der Waals surface area contributed by atoms with Gasteiger partial charge in [-0.05, 0) is 62.7 Å². The summed E-state index contributed by atoms with van der Waals surface area (Å²) in [6.07, 6.45) is 5.16. The molecule has 1 fully saturated rings. The molecule has 1 amide bonds. The van der Waals surface area contributed by atoms with E-state index in [1.165, 1.54) is 11.2 Å². The monoisotopic (exact) mass is 574 g/mol. The summed E-state index contributed by atoms with van der Waals surface area (Å²) in [7, 11) is 6.85. The van der Waals surface area contributed by atoms with E-state index in [1.807, 2.05) is 25.1 Å². The van der Waals surface area contributed by atoms with Crippen LogP contribution in [0.1, 0.15) is 29.2 Å². The Morgan fingerprint density at radius 1 is 1.19 bits per heavy atom. The fraction of sp³-hybridized carbons (Fsp3) is 0.333. The van der Waals surface area contributed by atoms with Crippen LogP contribution in [0, 0.1) is 11.8 Å². The number of likely N-dealkylation sites (N-methyl/N-ethyl adjacent to an activating group) is 1. The molecule has 3 aromatic rings. The smallest absolute Gasteiger partial charge is 0.255 e. The maximum atomic E-state index is 14.2. The minimum atomic E-state index is -2.65. The van der Waals surface area contributed by atoms with Crippen molar-refractivity contribution >= 4 is 52.2 Å². The highest BCUT2D eigenvalue weighted by Crippen LogP contribution is 2.53. The lowest BCUT2D eigenvalue weighted by Crippen LogP contribution is -2.65. The van der Waals surface area contributed by atoms with Gasteiger partial charge in [-0.1, -0.05) is 0 Å². The number of amides is 1. The van der Waals surface area contributed by atoms with Crippen LogP contribution in [-0.2, 0) is 20.8 Å². The second-order valence-electron chi connectivity index (χ2n) is 11.4. The van der Waals surface area contributed by atoms with Crippen molar-refractivity contribution in [3.05, 3.63) is 64.1 Å². The maximum absolute atomic E-state index is 14.2. The third-order valence-electron chi connectivity index (χ3n) is 8.51. The third-order valence-corrected chi connectivity index (χ3v) is 8.51. The first-order valence-corrected chi connectivity index (χ1v) is 13.4. The molecule has 3 aliphatic carbocycles. The van der Waals surface area contributed by atoms with Gasteiger partial charge in [0.1, 0.15) is 28.4 Å². The van der Waals surface area contributed by atoms with E-state index in [2.05, 4.69) is 4.98 Å². The molecule has 218 valence electrons. The van der Waals surface area contributed by atoms with Crippen molar-refractivity contribution in [2.45, 2.75) is 24.5 Å². The molecule has 0 saturated heterocycles. The molecule has 2 aromatic heterocycles. The van der Waals surface area contributed by atoms with Gasteiger partial charge in [-0.25, -0.2) is 4.98 Å². The Bertz CT molecular complexity index is 1760. The number of nitrogens with zero attached hydrogens (tertiary/aromatic N) is 3. The average molecular weight is 575 g/mol. The zero-order chi connectivity index (χ0) is 30.2. The van der Waals surface area contributed by atoms with E-state index in [1.54, 1.807) is 38.4 Å². The van der Waals surface area contributed by atoms with E-state index in [4.69, 9.17) is 14.6 Å². The maximum Gasteiger partial charge on any atom is 0.255 e. The number of carbonyl (C=O) groups excluding carboxylic acids is 3. The number of Topliss-reactive ketones (excluding diaryl/α,β-unsaturated/α-hetero) is 2. The Balaban J connectivity index is 1.56. The molecular formula is C30H30N4O8. The van der Waals surface area contributed by atoms with Crippen molar-refractivity contribution in [1.82, 2.24) is 9.88 Å². The van der Waals surface area contributed by atoms with Gasteiger partial charge >= 0.3 is 0 Å². The first kappa shape index (κ1) is 27.5. The van der Waals surface area contributed by atoms with Crippen LogP contribution < -0.4 is 10.6 Å². The number of primary amides is 1. The average Bonchev–Trinajstić information content (AvgIpc) is 3.58. The highest BCUT2D eigenvalue weighted by Gasteiger charge is 2.64. The van der Waals surface area contributed by atoms with Crippen LogP contribution in [0.4, 0.5) is 5.69 Å². The lowest BCUT2D eigenvalue weighted by molar-refractivity contribution is -0.153. The molecule has 12 heteroatoms. The number of fused-ring (bicyclic) bond motifs is 5. The number of aromatic nitrogens is 1. The number of anilines is 1. The van der Waals surface area contributed by atoms with Gasteiger partial charge in [-0.2, -0.15) is 0 Å². The minimum absolute atomic E-state index is 0.0597. The predicted molar refractivity (Wildman–Crippen MR) is 152 cm³/mol. The van der Waals surface area contributed by atoms with Gasteiger partial charge in [0.15, 0.2) is 17.0 Å². The quantitative estimate of drug-likeness (QED) is 0.328. The number of aliphatic hydroxyl groups excluding tert-OH is 2. The molecule has 2 heterocycles. The first-order chi connectivity index (χ1) is 19.9. The summed E-state index contributed by atoms with van der Waals surface area (Å²) in [6.45, 7) is 0. The van der Waals surface area contributed by atoms with Crippen LogP contribution in [0.5, 0.6) is 0 Å². The standard InChI is InChI=1S/C30H30N4O8/c1-33(2)18-12-17-26(42-19(32-17)8-7-14-6-5-9-41-14)21-15(18)10-13-11-16-23(34(3)4)25(36)22(29(31)39)28(38)30(16,40)27(37)20(13)24(21)35/h5-9,12-13,16,23,35,38,40H,10-11H2,1-4H3,(H2,31,39)/b8-7+/t13?,16?,23-,30-/m0/s1. The molecule has 1 aromatic carbocycles. The summed E-state index contributed by atoms with van der Waals surface area (Å²) < 4.78 is 11.4. The van der Waals surface area contributed by atoms with Crippen molar-refractivity contribution in [3.8, 4) is 0 Å². The van der Waals surface area contributed by atoms with E-state index >= 15 is 0 Å². The van der Waals surface area contributed by atoms with E-state index in [9.17, 15) is 29.7 Å². The van der Waals surface area contributed by atoms with Gasteiger partial charge in [-0.3, -0.25) is 19.3 Å². The van der Waals surface area contributed by atoms with Crippen LogP contribution in [0.3, 0.4) is 0 Å². The number of furan rings is 1. The van der Waals surface area contributed by atoms with Gasteiger partial charge in [0.05, 0.1) is 17.9 Å². The number of rotatable bonds is 5. The Kier molecular flexibility index (Phi) is 6.17. The SMILES string of the molecule is CN(C)c1cc2nc(/C=C/c3ccco3)oc2c2c1CC1CC3[C@H](N(C)C)C(=O)C(C(N)=O)=C(O)[C@@]3(O)C(=O)C1=C2O. The highest BCUT2D eigenvalue weighted by molar-refractivity contribution is 6.24. The van der Waals surface area contributed by atoms with E-state index < -0.39 is 58.0 Å². The number of hydrogen-bond acceptors (Lipinski definition) is 11. The number of carbonyl (C=O) groups is 3.